The quantitative estimate of drug-likeness (QED) is 0.0261. The molecule has 0 aliphatic carbocycles. The van der Waals surface area contributed by atoms with Gasteiger partial charge in [0, 0.05) is 19.3 Å². The molecule has 0 bridgehead atoms. The molecule has 0 rings (SSSR count). The summed E-state index contributed by atoms with van der Waals surface area (Å²) in [5.41, 5.74) is 0. The summed E-state index contributed by atoms with van der Waals surface area (Å²) in [6.07, 6.45) is 85.3. The van der Waals surface area contributed by atoms with Gasteiger partial charge in [0.25, 0.3) is 0 Å². The third-order valence-electron chi connectivity index (χ3n) is 15.3. The van der Waals surface area contributed by atoms with Gasteiger partial charge in [-0.05, 0) is 83.5 Å². The average Bonchev–Trinajstić information content (AvgIpc) is 3.44. The summed E-state index contributed by atoms with van der Waals surface area (Å²) in [5.74, 6) is -0.883. The van der Waals surface area contributed by atoms with Crippen molar-refractivity contribution < 1.29 is 28.6 Å². The minimum absolute atomic E-state index is 0.0793. The Bertz CT molecular complexity index is 1390. The minimum Gasteiger partial charge on any atom is -0.462 e. The van der Waals surface area contributed by atoms with Gasteiger partial charge in [0.1, 0.15) is 13.2 Å². The SMILES string of the molecule is CC/C=C\C/C=C\C/C=C\C/C=C\CCCCCCC(=O)OCC(COC(=O)CCCCCCCCCCCCCCCCCCCCCCCC)OC(=O)CCCCCCCCCCC/C=C\CCCCCCCCCC. The van der Waals surface area contributed by atoms with E-state index in [0.717, 1.165) is 96.3 Å². The van der Waals surface area contributed by atoms with Crippen LogP contribution in [0.4, 0.5) is 0 Å². The van der Waals surface area contributed by atoms with E-state index in [1.165, 1.54) is 225 Å². The lowest BCUT2D eigenvalue weighted by Crippen LogP contribution is -2.30. The molecule has 6 heteroatoms. The minimum atomic E-state index is -0.786. The lowest BCUT2D eigenvalue weighted by Gasteiger charge is -2.18. The van der Waals surface area contributed by atoms with Crippen LogP contribution in [0.2, 0.25) is 0 Å². The molecule has 0 heterocycles. The van der Waals surface area contributed by atoms with Crippen molar-refractivity contribution in [1.29, 1.82) is 0 Å². The summed E-state index contributed by atoms with van der Waals surface area (Å²) >= 11 is 0. The van der Waals surface area contributed by atoms with E-state index >= 15 is 0 Å². The first-order valence-corrected chi connectivity index (χ1v) is 34.3. The molecule has 0 amide bonds. The summed E-state index contributed by atoms with van der Waals surface area (Å²) in [5, 5.41) is 0. The van der Waals surface area contributed by atoms with E-state index in [1.54, 1.807) is 0 Å². The highest BCUT2D eigenvalue weighted by Gasteiger charge is 2.19. The van der Waals surface area contributed by atoms with Crippen molar-refractivity contribution in [3.8, 4) is 0 Å². The third kappa shape index (κ3) is 63.9. The van der Waals surface area contributed by atoms with Crippen LogP contribution >= 0.6 is 0 Å². The zero-order valence-corrected chi connectivity index (χ0v) is 52.2. The average molecular weight is 1090 g/mol. The fraction of sp³-hybridized carbons (Fsp3) is 0.819. The summed E-state index contributed by atoms with van der Waals surface area (Å²) in [6.45, 7) is 6.57. The van der Waals surface area contributed by atoms with Gasteiger partial charge in [0.05, 0.1) is 0 Å². The Hall–Kier alpha value is -2.89. The van der Waals surface area contributed by atoms with Gasteiger partial charge in [-0.15, -0.1) is 0 Å². The van der Waals surface area contributed by atoms with Gasteiger partial charge >= 0.3 is 17.9 Å². The summed E-state index contributed by atoms with van der Waals surface area (Å²) in [6, 6.07) is 0. The molecule has 0 aromatic rings. The Kier molecular flexibility index (Phi) is 64.2. The topological polar surface area (TPSA) is 78.9 Å². The second-order valence-corrected chi connectivity index (χ2v) is 23.1. The van der Waals surface area contributed by atoms with Gasteiger partial charge in [-0.1, -0.05) is 319 Å². The molecule has 0 fully saturated rings. The molecule has 0 saturated heterocycles. The zero-order chi connectivity index (χ0) is 56.4. The Balaban J connectivity index is 4.35. The Morgan fingerprint density at radius 3 is 0.795 bits per heavy atom. The molecule has 1 unspecified atom stereocenters. The van der Waals surface area contributed by atoms with E-state index in [0.29, 0.717) is 19.3 Å². The molecule has 0 radical (unpaired) electrons. The lowest BCUT2D eigenvalue weighted by atomic mass is 10.0. The largest absolute Gasteiger partial charge is 0.462 e. The number of esters is 3. The maximum Gasteiger partial charge on any atom is 0.306 e. The number of rotatable bonds is 63. The number of hydrogen-bond acceptors (Lipinski definition) is 6. The van der Waals surface area contributed by atoms with E-state index < -0.39 is 6.10 Å². The highest BCUT2D eigenvalue weighted by molar-refractivity contribution is 5.71. The number of ether oxygens (including phenoxy) is 3. The molecule has 0 aromatic carbocycles. The predicted octanol–water partition coefficient (Wildman–Crippen LogP) is 23.5. The Morgan fingerprint density at radius 1 is 0.269 bits per heavy atom. The van der Waals surface area contributed by atoms with Crippen LogP contribution in [-0.4, -0.2) is 37.2 Å². The van der Waals surface area contributed by atoms with Crippen molar-refractivity contribution in [3.05, 3.63) is 60.8 Å². The molecule has 0 aliphatic heterocycles. The van der Waals surface area contributed by atoms with Gasteiger partial charge in [-0.2, -0.15) is 0 Å². The molecule has 454 valence electrons. The van der Waals surface area contributed by atoms with E-state index in [-0.39, 0.29) is 31.1 Å². The van der Waals surface area contributed by atoms with Crippen LogP contribution in [0.15, 0.2) is 60.8 Å². The second-order valence-electron chi connectivity index (χ2n) is 23.1. The standard InChI is InChI=1S/C72H130O6/c1-4-7-10-13-16-19-22-25-28-31-33-35-37-38-41-44-47-50-53-56-59-62-65-71(74)77-68-69(67-76-70(73)64-61-58-55-52-49-46-43-40-30-27-24-21-18-15-12-9-6-3)78-72(75)66-63-60-57-54-51-48-45-42-39-36-34-32-29-26-23-20-17-14-11-8-5-2/h9,12,18,21,27,30,32,34,43,46,69H,4-8,10-11,13-17,19-20,22-26,28-29,31,33,35-42,44-45,47-68H2,1-3H3/b12-9-,21-18-,30-27-,34-32-,46-43-. The van der Waals surface area contributed by atoms with Crippen LogP contribution in [-0.2, 0) is 28.6 Å². The number of carbonyl (C=O) groups excluding carboxylic acids is 3. The number of hydrogen-bond donors (Lipinski definition) is 0. The predicted molar refractivity (Wildman–Crippen MR) is 339 cm³/mol. The van der Waals surface area contributed by atoms with Crippen LogP contribution in [0.3, 0.4) is 0 Å². The molecule has 1 atom stereocenters. The highest BCUT2D eigenvalue weighted by Crippen LogP contribution is 2.18. The monoisotopic (exact) mass is 1090 g/mol. The van der Waals surface area contributed by atoms with Crippen LogP contribution in [0.25, 0.3) is 0 Å². The molecule has 0 aliphatic rings. The fourth-order valence-corrected chi connectivity index (χ4v) is 10.1. The van der Waals surface area contributed by atoms with Crippen molar-refractivity contribution in [3.63, 3.8) is 0 Å². The summed E-state index contributed by atoms with van der Waals surface area (Å²) in [4.78, 5) is 38.4. The first-order valence-electron chi connectivity index (χ1n) is 34.3. The lowest BCUT2D eigenvalue weighted by molar-refractivity contribution is -0.167. The van der Waals surface area contributed by atoms with Crippen molar-refractivity contribution >= 4 is 17.9 Å². The van der Waals surface area contributed by atoms with Crippen LogP contribution in [0, 0.1) is 0 Å². The smallest absolute Gasteiger partial charge is 0.306 e. The van der Waals surface area contributed by atoms with Crippen molar-refractivity contribution in [2.45, 2.75) is 367 Å². The van der Waals surface area contributed by atoms with Gasteiger partial charge in [0.15, 0.2) is 6.10 Å². The number of unbranched alkanes of at least 4 members (excludes halogenated alkanes) is 42. The van der Waals surface area contributed by atoms with Crippen LogP contribution in [0.5, 0.6) is 0 Å². The Morgan fingerprint density at radius 2 is 0.500 bits per heavy atom. The van der Waals surface area contributed by atoms with Crippen molar-refractivity contribution in [2.24, 2.45) is 0 Å². The maximum absolute atomic E-state index is 12.9. The molecular weight excluding hydrogens is 961 g/mol. The molecule has 6 nitrogen and oxygen atoms in total. The van der Waals surface area contributed by atoms with Gasteiger partial charge in [-0.25, -0.2) is 0 Å². The highest BCUT2D eigenvalue weighted by atomic mass is 16.6. The summed E-state index contributed by atoms with van der Waals surface area (Å²) < 4.78 is 17.0. The third-order valence-corrected chi connectivity index (χ3v) is 15.3. The number of allylic oxidation sites excluding steroid dienone is 10. The molecule has 78 heavy (non-hydrogen) atoms. The summed E-state index contributed by atoms with van der Waals surface area (Å²) in [7, 11) is 0. The van der Waals surface area contributed by atoms with Crippen molar-refractivity contribution in [2.75, 3.05) is 13.2 Å². The molecule has 0 saturated carbocycles. The zero-order valence-electron chi connectivity index (χ0n) is 52.2. The van der Waals surface area contributed by atoms with Gasteiger partial charge in [0.2, 0.25) is 0 Å². The normalized spacial score (nSPS) is 12.4. The van der Waals surface area contributed by atoms with Crippen LogP contribution < -0.4 is 0 Å². The molecule has 0 N–H and O–H groups in total. The molecular formula is C72H130O6. The fourth-order valence-electron chi connectivity index (χ4n) is 10.1. The van der Waals surface area contributed by atoms with Crippen LogP contribution in [0.1, 0.15) is 361 Å². The first-order chi connectivity index (χ1) is 38.5. The van der Waals surface area contributed by atoms with Gasteiger partial charge < -0.3 is 14.2 Å². The second kappa shape index (κ2) is 66.6. The van der Waals surface area contributed by atoms with Crippen molar-refractivity contribution in [1.82, 2.24) is 0 Å². The van der Waals surface area contributed by atoms with E-state index in [2.05, 4.69) is 81.5 Å². The number of carbonyl (C=O) groups is 3. The van der Waals surface area contributed by atoms with E-state index in [4.69, 9.17) is 14.2 Å². The first kappa shape index (κ1) is 75.1. The molecule has 0 spiro atoms. The van der Waals surface area contributed by atoms with E-state index in [9.17, 15) is 14.4 Å². The maximum atomic E-state index is 12.9. The molecule has 0 aromatic heterocycles. The van der Waals surface area contributed by atoms with E-state index in [1.807, 2.05) is 0 Å². The Labute approximate surface area is 485 Å². The van der Waals surface area contributed by atoms with Gasteiger partial charge in [-0.3, -0.25) is 14.4 Å².